The van der Waals surface area contributed by atoms with Crippen LogP contribution in [0.3, 0.4) is 0 Å². The normalized spacial score (nSPS) is 29.8. The predicted molar refractivity (Wildman–Crippen MR) is 89.4 cm³/mol. The number of piperidine rings is 1. The molecule has 5 heteroatoms. The number of carbonyl (C=O) groups excluding carboxylic acids is 1. The Labute approximate surface area is 139 Å². The monoisotopic (exact) mass is 321 g/mol. The van der Waals surface area contributed by atoms with Crippen molar-refractivity contribution in [3.8, 4) is 0 Å². The SMILES string of the molecule is O=C(NC(C1CC1)C1CC1)N1CCCC[C@H]1CN1CCOCC1. The van der Waals surface area contributed by atoms with Crippen LogP contribution < -0.4 is 5.32 Å². The number of rotatable bonds is 5. The second-order valence-electron chi connectivity index (χ2n) is 7.91. The summed E-state index contributed by atoms with van der Waals surface area (Å²) in [5.74, 6) is 1.54. The van der Waals surface area contributed by atoms with E-state index in [4.69, 9.17) is 4.74 Å². The van der Waals surface area contributed by atoms with Crippen molar-refractivity contribution in [2.45, 2.75) is 57.0 Å². The number of carbonyl (C=O) groups is 1. The van der Waals surface area contributed by atoms with Crippen LogP contribution in [0.15, 0.2) is 0 Å². The Bertz CT molecular complexity index is 404. The lowest BCUT2D eigenvalue weighted by Crippen LogP contribution is -2.56. The Morgan fingerprint density at radius 1 is 1.00 bits per heavy atom. The molecule has 0 aromatic heterocycles. The van der Waals surface area contributed by atoms with Gasteiger partial charge in [0.2, 0.25) is 0 Å². The number of morpholine rings is 1. The lowest BCUT2D eigenvalue weighted by molar-refractivity contribution is 0.0219. The molecular weight excluding hydrogens is 290 g/mol. The summed E-state index contributed by atoms with van der Waals surface area (Å²) >= 11 is 0. The minimum Gasteiger partial charge on any atom is -0.379 e. The first-order chi connectivity index (χ1) is 11.3. The molecule has 0 radical (unpaired) electrons. The number of likely N-dealkylation sites (tertiary alicyclic amines) is 1. The first-order valence-corrected chi connectivity index (χ1v) is 9.68. The summed E-state index contributed by atoms with van der Waals surface area (Å²) in [6.07, 6.45) is 8.84. The molecule has 4 fully saturated rings. The van der Waals surface area contributed by atoms with Crippen molar-refractivity contribution in [2.75, 3.05) is 39.4 Å². The molecular formula is C18H31N3O2. The van der Waals surface area contributed by atoms with Gasteiger partial charge in [-0.15, -0.1) is 0 Å². The van der Waals surface area contributed by atoms with Crippen LogP contribution in [0.4, 0.5) is 4.79 Å². The van der Waals surface area contributed by atoms with Gasteiger partial charge in [-0.1, -0.05) is 0 Å². The first-order valence-electron chi connectivity index (χ1n) is 9.68. The Morgan fingerprint density at radius 2 is 1.70 bits per heavy atom. The second-order valence-corrected chi connectivity index (χ2v) is 7.91. The highest BCUT2D eigenvalue weighted by atomic mass is 16.5. The topological polar surface area (TPSA) is 44.8 Å². The smallest absolute Gasteiger partial charge is 0.317 e. The Morgan fingerprint density at radius 3 is 2.35 bits per heavy atom. The molecule has 23 heavy (non-hydrogen) atoms. The maximum absolute atomic E-state index is 12.9. The zero-order valence-corrected chi connectivity index (χ0v) is 14.2. The van der Waals surface area contributed by atoms with E-state index in [0.717, 1.165) is 64.1 Å². The van der Waals surface area contributed by atoms with Gasteiger partial charge in [-0.05, 0) is 56.8 Å². The maximum Gasteiger partial charge on any atom is 0.317 e. The number of hydrogen-bond donors (Lipinski definition) is 1. The molecule has 2 aliphatic heterocycles. The lowest BCUT2D eigenvalue weighted by atomic mass is 10.0. The zero-order valence-electron chi connectivity index (χ0n) is 14.2. The van der Waals surface area contributed by atoms with Gasteiger partial charge in [0.05, 0.1) is 13.2 Å². The maximum atomic E-state index is 12.9. The van der Waals surface area contributed by atoms with Crippen molar-refractivity contribution < 1.29 is 9.53 Å². The van der Waals surface area contributed by atoms with Gasteiger partial charge in [-0.2, -0.15) is 0 Å². The minimum atomic E-state index is 0.215. The molecule has 2 amide bonds. The highest BCUT2D eigenvalue weighted by Gasteiger charge is 2.43. The van der Waals surface area contributed by atoms with E-state index in [9.17, 15) is 4.79 Å². The second kappa shape index (κ2) is 6.98. The van der Waals surface area contributed by atoms with Crippen LogP contribution in [-0.2, 0) is 4.74 Å². The van der Waals surface area contributed by atoms with Crippen molar-refractivity contribution in [3.05, 3.63) is 0 Å². The molecule has 2 saturated carbocycles. The fourth-order valence-electron chi connectivity index (χ4n) is 4.30. The molecule has 1 atom stereocenters. The summed E-state index contributed by atoms with van der Waals surface area (Å²) in [5, 5.41) is 3.42. The average Bonchev–Trinajstić information content (AvgIpc) is 3.48. The number of ether oxygens (including phenoxy) is 1. The fraction of sp³-hybridized carbons (Fsp3) is 0.944. The van der Waals surface area contributed by atoms with Crippen LogP contribution in [-0.4, -0.2) is 67.3 Å². The van der Waals surface area contributed by atoms with E-state index in [1.807, 2.05) is 0 Å². The molecule has 2 heterocycles. The standard InChI is InChI=1S/C18H31N3O2/c22-18(19-17(14-4-5-14)15-6-7-15)21-8-2-1-3-16(21)13-20-9-11-23-12-10-20/h14-17H,1-13H2,(H,19,22)/t16-/m0/s1. The van der Waals surface area contributed by atoms with Crippen molar-refractivity contribution in [3.63, 3.8) is 0 Å². The molecule has 2 saturated heterocycles. The molecule has 2 aliphatic carbocycles. The van der Waals surface area contributed by atoms with E-state index >= 15 is 0 Å². The summed E-state index contributed by atoms with van der Waals surface area (Å²) < 4.78 is 5.45. The molecule has 4 aliphatic rings. The van der Waals surface area contributed by atoms with E-state index in [2.05, 4.69) is 15.1 Å². The Kier molecular flexibility index (Phi) is 4.76. The summed E-state index contributed by atoms with van der Waals surface area (Å²) in [6.45, 7) is 5.66. The number of nitrogens with zero attached hydrogens (tertiary/aromatic N) is 2. The Balaban J connectivity index is 1.34. The van der Waals surface area contributed by atoms with Crippen LogP contribution in [0.1, 0.15) is 44.9 Å². The van der Waals surface area contributed by atoms with Crippen molar-refractivity contribution in [2.24, 2.45) is 11.8 Å². The molecule has 1 N–H and O–H groups in total. The summed E-state index contributed by atoms with van der Waals surface area (Å²) in [6, 6.07) is 1.07. The van der Waals surface area contributed by atoms with Crippen LogP contribution in [0, 0.1) is 11.8 Å². The van der Waals surface area contributed by atoms with Crippen molar-refractivity contribution >= 4 is 6.03 Å². The minimum absolute atomic E-state index is 0.215. The zero-order chi connectivity index (χ0) is 15.6. The molecule has 130 valence electrons. The van der Waals surface area contributed by atoms with Crippen LogP contribution in [0.2, 0.25) is 0 Å². The van der Waals surface area contributed by atoms with Gasteiger partial charge in [0.25, 0.3) is 0 Å². The van der Waals surface area contributed by atoms with E-state index < -0.39 is 0 Å². The van der Waals surface area contributed by atoms with Crippen LogP contribution in [0.5, 0.6) is 0 Å². The third-order valence-electron chi connectivity index (χ3n) is 6.01. The molecule has 0 bridgehead atoms. The third kappa shape index (κ3) is 4.00. The number of nitrogens with one attached hydrogen (secondary N) is 1. The summed E-state index contributed by atoms with van der Waals surface area (Å²) in [5.41, 5.74) is 0. The predicted octanol–water partition coefficient (Wildman–Crippen LogP) is 2.07. The van der Waals surface area contributed by atoms with Gasteiger partial charge in [-0.3, -0.25) is 4.90 Å². The quantitative estimate of drug-likeness (QED) is 0.843. The van der Waals surface area contributed by atoms with Gasteiger partial charge in [0, 0.05) is 38.3 Å². The summed E-state index contributed by atoms with van der Waals surface area (Å²) in [4.78, 5) is 17.5. The lowest BCUT2D eigenvalue weighted by Gasteiger charge is -2.40. The average molecular weight is 321 g/mol. The fourth-order valence-corrected chi connectivity index (χ4v) is 4.30. The van der Waals surface area contributed by atoms with Crippen LogP contribution in [0.25, 0.3) is 0 Å². The van der Waals surface area contributed by atoms with Gasteiger partial charge < -0.3 is 15.0 Å². The molecule has 4 rings (SSSR count). The molecule has 0 aromatic carbocycles. The first kappa shape index (κ1) is 15.7. The third-order valence-corrected chi connectivity index (χ3v) is 6.01. The molecule has 0 aromatic rings. The van der Waals surface area contributed by atoms with Gasteiger partial charge in [-0.25, -0.2) is 4.79 Å². The number of hydrogen-bond acceptors (Lipinski definition) is 3. The van der Waals surface area contributed by atoms with Crippen molar-refractivity contribution in [1.29, 1.82) is 0 Å². The van der Waals surface area contributed by atoms with Gasteiger partial charge in [0.15, 0.2) is 0 Å². The largest absolute Gasteiger partial charge is 0.379 e. The highest BCUT2D eigenvalue weighted by molar-refractivity contribution is 5.75. The Hall–Kier alpha value is -0.810. The van der Waals surface area contributed by atoms with Gasteiger partial charge >= 0.3 is 6.03 Å². The summed E-state index contributed by atoms with van der Waals surface area (Å²) in [7, 11) is 0. The van der Waals surface area contributed by atoms with Crippen LogP contribution >= 0.6 is 0 Å². The molecule has 0 unspecified atom stereocenters. The van der Waals surface area contributed by atoms with E-state index in [-0.39, 0.29) is 6.03 Å². The van der Waals surface area contributed by atoms with Crippen molar-refractivity contribution in [1.82, 2.24) is 15.1 Å². The number of urea groups is 1. The van der Waals surface area contributed by atoms with E-state index in [1.165, 1.54) is 32.1 Å². The molecule has 0 spiro atoms. The highest BCUT2D eigenvalue weighted by Crippen LogP contribution is 2.44. The van der Waals surface area contributed by atoms with Gasteiger partial charge in [0.1, 0.15) is 0 Å². The molecule has 5 nitrogen and oxygen atoms in total. The number of amides is 2. The van der Waals surface area contributed by atoms with E-state index in [0.29, 0.717) is 12.1 Å². The van der Waals surface area contributed by atoms with E-state index in [1.54, 1.807) is 0 Å².